The maximum absolute atomic E-state index is 5.65. The molecule has 2 heteroatoms. The second-order valence-electron chi connectivity index (χ2n) is 7.10. The molecule has 0 N–H and O–H groups in total. The fourth-order valence-corrected chi connectivity index (χ4v) is 5.12. The Morgan fingerprint density at radius 1 is 0.727 bits per heavy atom. The highest BCUT2D eigenvalue weighted by atomic mass is 28.3. The number of hydrogen-bond donors (Lipinski definition) is 0. The highest BCUT2D eigenvalue weighted by Crippen LogP contribution is 2.47. The molecule has 0 fully saturated rings. The third-order valence-corrected chi connectivity index (χ3v) is 6.67. The summed E-state index contributed by atoms with van der Waals surface area (Å²) in [5, 5.41) is 1.43. The molecule has 22 heavy (non-hydrogen) atoms. The highest BCUT2D eigenvalue weighted by molar-refractivity contribution is 6.89. The number of fused-ring (bicyclic) bond motifs is 3. The second-order valence-corrected chi connectivity index (χ2v) is 12.1. The largest absolute Gasteiger partial charge is 0.472 e. The summed E-state index contributed by atoms with van der Waals surface area (Å²) in [6.45, 7) is 7.15. The lowest BCUT2D eigenvalue weighted by atomic mass is 9.91. The molecule has 0 saturated carbocycles. The normalized spacial score (nSPS) is 14.0. The summed E-state index contributed by atoms with van der Waals surface area (Å²) in [6, 6.07) is 17.6. The van der Waals surface area contributed by atoms with E-state index in [1.54, 1.807) is 0 Å². The number of benzene rings is 2. The predicted molar refractivity (Wildman–Crippen MR) is 94.5 cm³/mol. The average Bonchev–Trinajstić information content (AvgIpc) is 3.08. The van der Waals surface area contributed by atoms with Gasteiger partial charge < -0.3 is 4.42 Å². The van der Waals surface area contributed by atoms with E-state index in [2.05, 4.69) is 68.2 Å². The zero-order chi connectivity index (χ0) is 15.3. The van der Waals surface area contributed by atoms with Gasteiger partial charge >= 0.3 is 0 Å². The van der Waals surface area contributed by atoms with Gasteiger partial charge in [0.05, 0.1) is 20.6 Å². The van der Waals surface area contributed by atoms with E-state index in [0.29, 0.717) is 5.92 Å². The zero-order valence-corrected chi connectivity index (χ0v) is 14.3. The van der Waals surface area contributed by atoms with Crippen molar-refractivity contribution in [1.29, 1.82) is 0 Å². The summed E-state index contributed by atoms with van der Waals surface area (Å²) in [7, 11) is -1.43. The van der Waals surface area contributed by atoms with Gasteiger partial charge in [0.2, 0.25) is 0 Å². The van der Waals surface area contributed by atoms with Crippen LogP contribution in [0, 0.1) is 0 Å². The van der Waals surface area contributed by atoms with Crippen LogP contribution in [0.3, 0.4) is 0 Å². The Hall–Kier alpha value is -2.06. The van der Waals surface area contributed by atoms with Crippen LogP contribution in [0.2, 0.25) is 19.6 Å². The minimum Gasteiger partial charge on any atom is -0.472 e. The maximum Gasteiger partial charge on any atom is 0.0942 e. The van der Waals surface area contributed by atoms with E-state index in [-0.39, 0.29) is 0 Å². The Bertz CT molecular complexity index is 793. The van der Waals surface area contributed by atoms with Crippen molar-refractivity contribution in [3.8, 4) is 11.1 Å². The predicted octanol–water partition coefficient (Wildman–Crippen LogP) is 4.99. The zero-order valence-electron chi connectivity index (χ0n) is 13.3. The molecule has 4 rings (SSSR count). The lowest BCUT2D eigenvalue weighted by molar-refractivity contribution is 0.564. The van der Waals surface area contributed by atoms with Gasteiger partial charge in [-0.15, -0.1) is 0 Å². The summed E-state index contributed by atoms with van der Waals surface area (Å²) < 4.78 is 5.65. The quantitative estimate of drug-likeness (QED) is 0.476. The monoisotopic (exact) mass is 304 g/mol. The maximum atomic E-state index is 5.65. The van der Waals surface area contributed by atoms with Gasteiger partial charge in [-0.25, -0.2) is 0 Å². The van der Waals surface area contributed by atoms with E-state index >= 15 is 0 Å². The Kier molecular flexibility index (Phi) is 2.91. The molecule has 1 aliphatic carbocycles. The van der Waals surface area contributed by atoms with Crippen LogP contribution in [0.1, 0.15) is 22.6 Å². The van der Waals surface area contributed by atoms with Crippen molar-refractivity contribution in [2.24, 2.45) is 0 Å². The van der Waals surface area contributed by atoms with Gasteiger partial charge in [0.25, 0.3) is 0 Å². The summed E-state index contributed by atoms with van der Waals surface area (Å²) in [5.74, 6) is 0.313. The first kappa shape index (κ1) is 13.6. The van der Waals surface area contributed by atoms with Gasteiger partial charge in [-0.3, -0.25) is 0 Å². The summed E-state index contributed by atoms with van der Waals surface area (Å²) in [5.41, 5.74) is 6.91. The minimum absolute atomic E-state index is 0.313. The molecular weight excluding hydrogens is 284 g/mol. The van der Waals surface area contributed by atoms with E-state index in [0.717, 1.165) is 0 Å². The summed E-state index contributed by atoms with van der Waals surface area (Å²) in [4.78, 5) is 0. The van der Waals surface area contributed by atoms with Crippen molar-refractivity contribution in [3.05, 3.63) is 77.7 Å². The van der Waals surface area contributed by atoms with Crippen molar-refractivity contribution in [2.45, 2.75) is 25.6 Å². The standard InChI is InChI=1S/C20H20OSi/c1-22(2,3)19-13-21-12-18(19)20-16-10-6-4-8-14(16)15-9-5-7-11-17(15)20/h4-13,20H,1-3H3. The van der Waals surface area contributed by atoms with Gasteiger partial charge in [0.1, 0.15) is 0 Å². The van der Waals surface area contributed by atoms with E-state index in [4.69, 9.17) is 4.42 Å². The van der Waals surface area contributed by atoms with Crippen molar-refractivity contribution in [1.82, 2.24) is 0 Å². The third kappa shape index (κ3) is 1.91. The van der Waals surface area contributed by atoms with Gasteiger partial charge in [0.15, 0.2) is 0 Å². The van der Waals surface area contributed by atoms with Crippen LogP contribution < -0.4 is 5.19 Å². The summed E-state index contributed by atoms with van der Waals surface area (Å²) in [6.07, 6.45) is 3.95. The van der Waals surface area contributed by atoms with Crippen molar-refractivity contribution in [2.75, 3.05) is 0 Å². The van der Waals surface area contributed by atoms with Crippen LogP contribution >= 0.6 is 0 Å². The van der Waals surface area contributed by atoms with E-state index in [1.165, 1.54) is 33.0 Å². The molecule has 0 aliphatic heterocycles. The lowest BCUT2D eigenvalue weighted by Gasteiger charge is -2.20. The molecular formula is C20H20OSi. The topological polar surface area (TPSA) is 13.1 Å². The van der Waals surface area contributed by atoms with Crippen LogP contribution in [0.5, 0.6) is 0 Å². The Morgan fingerprint density at radius 3 is 1.82 bits per heavy atom. The smallest absolute Gasteiger partial charge is 0.0942 e. The Morgan fingerprint density at radius 2 is 1.27 bits per heavy atom. The molecule has 1 aliphatic rings. The van der Waals surface area contributed by atoms with Crippen molar-refractivity contribution >= 4 is 13.3 Å². The van der Waals surface area contributed by atoms with Crippen LogP contribution in [0.25, 0.3) is 11.1 Å². The first-order chi connectivity index (χ1) is 10.6. The summed E-state index contributed by atoms with van der Waals surface area (Å²) >= 11 is 0. The lowest BCUT2D eigenvalue weighted by Crippen LogP contribution is -2.39. The number of hydrogen-bond acceptors (Lipinski definition) is 1. The molecule has 0 amide bonds. The van der Waals surface area contributed by atoms with Gasteiger partial charge in [-0.2, -0.15) is 0 Å². The molecule has 0 saturated heterocycles. The molecule has 1 heterocycles. The van der Waals surface area contributed by atoms with E-state index in [9.17, 15) is 0 Å². The van der Waals surface area contributed by atoms with Crippen molar-refractivity contribution < 1.29 is 4.42 Å². The molecule has 2 aromatic carbocycles. The first-order valence-corrected chi connectivity index (χ1v) is 11.3. The number of rotatable bonds is 2. The van der Waals surface area contributed by atoms with Gasteiger partial charge in [-0.1, -0.05) is 68.2 Å². The Labute approximate surface area is 132 Å². The van der Waals surface area contributed by atoms with E-state index in [1.807, 2.05) is 12.5 Å². The fraction of sp³-hybridized carbons (Fsp3) is 0.200. The average molecular weight is 304 g/mol. The molecule has 110 valence electrons. The van der Waals surface area contributed by atoms with Crippen LogP contribution in [-0.4, -0.2) is 8.07 Å². The molecule has 1 aromatic heterocycles. The molecule has 0 unspecified atom stereocenters. The van der Waals surface area contributed by atoms with E-state index < -0.39 is 8.07 Å². The van der Waals surface area contributed by atoms with Crippen LogP contribution in [0.4, 0.5) is 0 Å². The van der Waals surface area contributed by atoms with Crippen LogP contribution in [-0.2, 0) is 0 Å². The first-order valence-electron chi connectivity index (χ1n) is 7.82. The number of furan rings is 1. The molecule has 3 aromatic rings. The SMILES string of the molecule is C[Si](C)(C)c1cocc1C1c2ccccc2-c2ccccc21. The highest BCUT2D eigenvalue weighted by Gasteiger charge is 2.34. The molecule has 1 nitrogen and oxygen atoms in total. The van der Waals surface area contributed by atoms with Crippen molar-refractivity contribution in [3.63, 3.8) is 0 Å². The second kappa shape index (κ2) is 4.72. The third-order valence-electron chi connectivity index (χ3n) is 4.64. The molecule has 0 bridgehead atoms. The Balaban J connectivity index is 1.99. The van der Waals surface area contributed by atoms with Gasteiger partial charge in [0, 0.05) is 11.5 Å². The molecule has 0 atom stereocenters. The molecule has 0 spiro atoms. The fourth-order valence-electron chi connectivity index (χ4n) is 3.63. The van der Waals surface area contributed by atoms with Gasteiger partial charge in [-0.05, 0) is 27.4 Å². The minimum atomic E-state index is -1.43. The molecule has 0 radical (unpaired) electrons. The van der Waals surface area contributed by atoms with Crippen LogP contribution in [0.15, 0.2) is 65.5 Å².